The van der Waals surface area contributed by atoms with Crippen molar-refractivity contribution >= 4 is 11.9 Å². The molecule has 0 heterocycles. The first-order valence-corrected chi connectivity index (χ1v) is 7.17. The molecule has 3 saturated carbocycles. The van der Waals surface area contributed by atoms with E-state index in [1.54, 1.807) is 0 Å². The van der Waals surface area contributed by atoms with Crippen LogP contribution < -0.4 is 5.73 Å². The minimum Gasteiger partial charge on any atom is -0.478 e. The minimum atomic E-state index is -1.12. The van der Waals surface area contributed by atoms with Gasteiger partial charge in [0, 0.05) is 6.42 Å². The van der Waals surface area contributed by atoms with Crippen molar-refractivity contribution in [3.05, 3.63) is 35.9 Å². The molecule has 112 valence electrons. The summed E-state index contributed by atoms with van der Waals surface area (Å²) < 4.78 is 5.27. The second-order valence-corrected chi connectivity index (χ2v) is 6.44. The van der Waals surface area contributed by atoms with E-state index in [0.717, 1.165) is 24.8 Å². The van der Waals surface area contributed by atoms with Crippen LogP contribution in [0.5, 0.6) is 0 Å². The Hall–Kier alpha value is -1.88. The van der Waals surface area contributed by atoms with Gasteiger partial charge in [-0.2, -0.15) is 0 Å². The molecule has 1 atom stereocenters. The van der Waals surface area contributed by atoms with Crippen molar-refractivity contribution < 1.29 is 19.4 Å². The van der Waals surface area contributed by atoms with Crippen LogP contribution in [0.2, 0.25) is 0 Å². The van der Waals surface area contributed by atoms with E-state index >= 15 is 0 Å². The van der Waals surface area contributed by atoms with Gasteiger partial charge in [-0.25, -0.2) is 4.79 Å². The van der Waals surface area contributed by atoms with Crippen LogP contribution in [0.15, 0.2) is 30.3 Å². The Kier molecular flexibility index (Phi) is 3.24. The van der Waals surface area contributed by atoms with E-state index in [1.165, 1.54) is 0 Å². The molecule has 3 fully saturated rings. The molecule has 1 aromatic carbocycles. The molecule has 4 rings (SSSR count). The number of carbonyl (C=O) groups is 2. The van der Waals surface area contributed by atoms with E-state index in [1.807, 2.05) is 30.3 Å². The number of benzene rings is 1. The molecule has 3 aliphatic carbocycles. The summed E-state index contributed by atoms with van der Waals surface area (Å²) in [7, 11) is 0. The maximum absolute atomic E-state index is 12.2. The smallest absolute Gasteiger partial charge is 0.345 e. The molecule has 1 aromatic rings. The Morgan fingerprint density at radius 2 is 1.86 bits per heavy atom. The van der Waals surface area contributed by atoms with Gasteiger partial charge in [0.05, 0.1) is 5.41 Å². The van der Waals surface area contributed by atoms with Crippen LogP contribution in [0.25, 0.3) is 0 Å². The SMILES string of the molecule is NCC12CC(C(=O)O[C@@H](Cc3ccccc3)C(=O)O)(C1)C2. The Bertz CT molecular complexity index is 549. The van der Waals surface area contributed by atoms with Crippen molar-refractivity contribution in [1.29, 1.82) is 0 Å². The molecule has 21 heavy (non-hydrogen) atoms. The highest BCUT2D eigenvalue weighted by molar-refractivity contribution is 5.84. The van der Waals surface area contributed by atoms with E-state index in [4.69, 9.17) is 10.5 Å². The Balaban J connectivity index is 1.61. The third kappa shape index (κ3) is 2.31. The standard InChI is InChI=1S/C16H19NO4/c17-10-15-7-16(8-15,9-15)14(20)21-12(13(18)19)6-11-4-2-1-3-5-11/h1-5,12H,6-10,17H2,(H,18,19)/t12-,15?,16?/m0/s1. The van der Waals surface area contributed by atoms with Crippen molar-refractivity contribution in [3.8, 4) is 0 Å². The molecule has 0 radical (unpaired) electrons. The minimum absolute atomic E-state index is 0.122. The second-order valence-electron chi connectivity index (χ2n) is 6.44. The number of nitrogens with two attached hydrogens (primary N) is 1. The lowest BCUT2D eigenvalue weighted by Crippen LogP contribution is -2.68. The third-order valence-corrected chi connectivity index (χ3v) is 4.79. The lowest BCUT2D eigenvalue weighted by molar-refractivity contribution is -0.228. The van der Waals surface area contributed by atoms with Gasteiger partial charge in [-0.05, 0) is 36.8 Å². The lowest BCUT2D eigenvalue weighted by atomic mass is 9.35. The molecule has 2 bridgehead atoms. The van der Waals surface area contributed by atoms with Crippen LogP contribution >= 0.6 is 0 Å². The topological polar surface area (TPSA) is 89.6 Å². The zero-order chi connectivity index (χ0) is 15.1. The Morgan fingerprint density at radius 1 is 1.24 bits per heavy atom. The first-order chi connectivity index (χ1) is 9.99. The zero-order valence-corrected chi connectivity index (χ0v) is 11.7. The molecular formula is C16H19NO4. The average Bonchev–Trinajstić information content (AvgIpc) is 2.36. The van der Waals surface area contributed by atoms with Crippen molar-refractivity contribution in [3.63, 3.8) is 0 Å². The van der Waals surface area contributed by atoms with Crippen LogP contribution in [-0.2, 0) is 20.7 Å². The number of esters is 1. The number of carboxylic acid groups (broad SMARTS) is 1. The van der Waals surface area contributed by atoms with Gasteiger partial charge in [-0.15, -0.1) is 0 Å². The number of hydrogen-bond donors (Lipinski definition) is 2. The van der Waals surface area contributed by atoms with E-state index in [9.17, 15) is 14.7 Å². The van der Waals surface area contributed by atoms with Gasteiger partial charge >= 0.3 is 11.9 Å². The number of hydrogen-bond acceptors (Lipinski definition) is 4. The molecule has 3 aliphatic rings. The van der Waals surface area contributed by atoms with Crippen molar-refractivity contribution in [2.75, 3.05) is 6.54 Å². The molecule has 5 heteroatoms. The Labute approximate surface area is 123 Å². The van der Waals surface area contributed by atoms with E-state index in [2.05, 4.69) is 0 Å². The number of aliphatic carboxylic acids is 1. The van der Waals surface area contributed by atoms with Gasteiger partial charge in [0.15, 0.2) is 0 Å². The number of carbonyl (C=O) groups excluding carboxylic acids is 1. The number of rotatable bonds is 6. The summed E-state index contributed by atoms with van der Waals surface area (Å²) in [4.78, 5) is 23.5. The summed E-state index contributed by atoms with van der Waals surface area (Å²) in [5, 5.41) is 9.25. The van der Waals surface area contributed by atoms with E-state index in [-0.39, 0.29) is 17.8 Å². The summed E-state index contributed by atoms with van der Waals surface area (Å²) in [6, 6.07) is 9.19. The summed E-state index contributed by atoms with van der Waals surface area (Å²) in [6.45, 7) is 0.592. The molecule has 0 saturated heterocycles. The third-order valence-electron chi connectivity index (χ3n) is 4.79. The fourth-order valence-corrected chi connectivity index (χ4v) is 3.69. The monoisotopic (exact) mass is 289 g/mol. The predicted molar refractivity (Wildman–Crippen MR) is 75.4 cm³/mol. The Morgan fingerprint density at radius 3 is 2.38 bits per heavy atom. The van der Waals surface area contributed by atoms with Crippen molar-refractivity contribution in [2.45, 2.75) is 31.8 Å². The summed E-state index contributed by atoms with van der Waals surface area (Å²) >= 11 is 0. The molecule has 5 nitrogen and oxygen atoms in total. The van der Waals surface area contributed by atoms with Gasteiger partial charge in [0.2, 0.25) is 6.10 Å². The molecule has 0 amide bonds. The van der Waals surface area contributed by atoms with Crippen molar-refractivity contribution in [2.24, 2.45) is 16.6 Å². The summed E-state index contributed by atoms with van der Waals surface area (Å²) in [5.74, 6) is -1.48. The molecular weight excluding hydrogens is 270 g/mol. The molecule has 0 aliphatic heterocycles. The number of ether oxygens (including phenoxy) is 1. The maximum atomic E-state index is 12.2. The van der Waals surface area contributed by atoms with Gasteiger partial charge in [-0.1, -0.05) is 30.3 Å². The molecule has 3 N–H and O–H groups in total. The number of carboxylic acids is 1. The van der Waals surface area contributed by atoms with Crippen LogP contribution in [0, 0.1) is 10.8 Å². The maximum Gasteiger partial charge on any atom is 0.345 e. The predicted octanol–water partition coefficient (Wildman–Crippen LogP) is 1.35. The van der Waals surface area contributed by atoms with Crippen molar-refractivity contribution in [1.82, 2.24) is 0 Å². The quantitative estimate of drug-likeness (QED) is 0.772. The first-order valence-electron chi connectivity index (χ1n) is 7.17. The van der Waals surface area contributed by atoms with Gasteiger partial charge in [0.1, 0.15) is 0 Å². The first kappa shape index (κ1) is 14.1. The second kappa shape index (κ2) is 4.84. The highest BCUT2D eigenvalue weighted by Crippen LogP contribution is 2.73. The largest absolute Gasteiger partial charge is 0.478 e. The fraction of sp³-hybridized carbons (Fsp3) is 0.500. The molecule has 0 spiro atoms. The highest BCUT2D eigenvalue weighted by Gasteiger charge is 2.71. The van der Waals surface area contributed by atoms with Crippen LogP contribution in [-0.4, -0.2) is 29.7 Å². The van der Waals surface area contributed by atoms with E-state index < -0.39 is 17.5 Å². The lowest BCUT2D eigenvalue weighted by Gasteiger charge is -2.68. The molecule has 0 aromatic heterocycles. The van der Waals surface area contributed by atoms with Gasteiger partial charge in [-0.3, -0.25) is 4.79 Å². The van der Waals surface area contributed by atoms with Crippen LogP contribution in [0.3, 0.4) is 0 Å². The van der Waals surface area contributed by atoms with Gasteiger partial charge in [0.25, 0.3) is 0 Å². The van der Waals surface area contributed by atoms with Crippen LogP contribution in [0.4, 0.5) is 0 Å². The average molecular weight is 289 g/mol. The van der Waals surface area contributed by atoms with E-state index in [0.29, 0.717) is 6.54 Å². The summed E-state index contributed by atoms with van der Waals surface area (Å²) in [5.41, 5.74) is 6.18. The fourth-order valence-electron chi connectivity index (χ4n) is 3.69. The molecule has 0 unspecified atom stereocenters. The summed E-state index contributed by atoms with van der Waals surface area (Å²) in [6.07, 6.45) is 1.30. The van der Waals surface area contributed by atoms with Gasteiger partial charge < -0.3 is 15.6 Å². The highest BCUT2D eigenvalue weighted by atomic mass is 16.6. The normalized spacial score (nSPS) is 30.7. The van der Waals surface area contributed by atoms with Crippen LogP contribution in [0.1, 0.15) is 24.8 Å². The zero-order valence-electron chi connectivity index (χ0n) is 11.7.